The summed E-state index contributed by atoms with van der Waals surface area (Å²) in [6, 6.07) is 7.29. The topological polar surface area (TPSA) is 74.6 Å². The van der Waals surface area contributed by atoms with Crippen molar-refractivity contribution in [2.24, 2.45) is 0 Å². The number of hydrogen-bond donors (Lipinski definition) is 2. The molecule has 0 spiro atoms. The minimum absolute atomic E-state index is 0.0994. The van der Waals surface area contributed by atoms with Gasteiger partial charge in [-0.3, -0.25) is 0 Å². The van der Waals surface area contributed by atoms with Crippen LogP contribution in [-0.4, -0.2) is 36.8 Å². The summed E-state index contributed by atoms with van der Waals surface area (Å²) >= 11 is 4.18. The fourth-order valence-corrected chi connectivity index (χ4v) is 6.29. The van der Waals surface area contributed by atoms with Crippen LogP contribution in [0.2, 0.25) is 15.4 Å². The molecular weight excluding hydrogens is 319 g/mol. The zero-order valence-corrected chi connectivity index (χ0v) is 12.3. The van der Waals surface area contributed by atoms with Crippen LogP contribution >= 0.6 is 11.6 Å². The number of benzene rings is 1. The van der Waals surface area contributed by atoms with Crippen LogP contribution in [0, 0.1) is 0 Å². The average Bonchev–Trinajstić information content (AvgIpc) is 2.30. The van der Waals surface area contributed by atoms with E-state index < -0.39 is 26.6 Å². The van der Waals surface area contributed by atoms with Gasteiger partial charge in [0.1, 0.15) is 0 Å². The third-order valence-corrected chi connectivity index (χ3v) is 8.00. The van der Waals surface area contributed by atoms with E-state index in [9.17, 15) is 9.59 Å². The average molecular weight is 333 g/mol. The normalized spacial score (nSPS) is 10.6. The molecule has 0 atom stereocenters. The van der Waals surface area contributed by atoms with Crippen LogP contribution in [-0.2, 0) is 9.59 Å². The third-order valence-electron chi connectivity index (χ3n) is 2.38. The van der Waals surface area contributed by atoms with E-state index >= 15 is 0 Å². The van der Waals surface area contributed by atoms with Crippen molar-refractivity contribution >= 4 is 42.5 Å². The molecule has 0 aliphatic heterocycles. The van der Waals surface area contributed by atoms with Gasteiger partial charge in [-0.25, -0.2) is 0 Å². The number of carbonyl (C=O) groups is 2. The van der Waals surface area contributed by atoms with Crippen LogP contribution in [0.3, 0.4) is 0 Å². The van der Waals surface area contributed by atoms with Crippen molar-refractivity contribution in [2.75, 3.05) is 0 Å². The molecule has 4 nitrogen and oxygen atoms in total. The molecule has 0 radical (unpaired) electrons. The molecule has 18 heavy (non-hydrogen) atoms. The molecule has 0 bridgehead atoms. The Labute approximate surface area is 115 Å². The SMILES string of the molecule is O=C(O)CC[As](CCC(=O)O)c1ccc(Cl)cc1. The Morgan fingerprint density at radius 3 is 1.83 bits per heavy atom. The second-order valence-electron chi connectivity index (χ2n) is 3.75. The van der Waals surface area contributed by atoms with Gasteiger partial charge in [0.2, 0.25) is 0 Å². The van der Waals surface area contributed by atoms with Gasteiger partial charge in [0.05, 0.1) is 0 Å². The van der Waals surface area contributed by atoms with Crippen molar-refractivity contribution in [1.82, 2.24) is 0 Å². The summed E-state index contributed by atoms with van der Waals surface area (Å²) < 4.78 is 1.08. The monoisotopic (exact) mass is 332 g/mol. The summed E-state index contributed by atoms with van der Waals surface area (Å²) in [5, 5.41) is 19.2. The van der Waals surface area contributed by atoms with Gasteiger partial charge in [-0.2, -0.15) is 0 Å². The molecule has 0 aliphatic rings. The van der Waals surface area contributed by atoms with E-state index in [4.69, 9.17) is 21.8 Å². The Bertz CT molecular complexity index is 401. The van der Waals surface area contributed by atoms with Crippen molar-refractivity contribution in [3.63, 3.8) is 0 Å². The van der Waals surface area contributed by atoms with Gasteiger partial charge in [0.25, 0.3) is 0 Å². The predicted molar refractivity (Wildman–Crippen MR) is 71.0 cm³/mol. The Kier molecular flexibility index (Phi) is 6.23. The Morgan fingerprint density at radius 1 is 1.00 bits per heavy atom. The van der Waals surface area contributed by atoms with Gasteiger partial charge < -0.3 is 0 Å². The molecule has 0 aromatic heterocycles. The molecule has 6 heteroatoms. The van der Waals surface area contributed by atoms with Crippen LogP contribution in [0.4, 0.5) is 0 Å². The molecule has 0 aliphatic carbocycles. The second-order valence-corrected chi connectivity index (χ2v) is 9.41. The van der Waals surface area contributed by atoms with E-state index in [-0.39, 0.29) is 12.8 Å². The van der Waals surface area contributed by atoms with Gasteiger partial charge >= 0.3 is 115 Å². The number of halogens is 1. The summed E-state index contributed by atoms with van der Waals surface area (Å²) in [5.74, 6) is -1.67. The maximum atomic E-state index is 10.6. The summed E-state index contributed by atoms with van der Waals surface area (Å²) in [4.78, 5) is 21.2. The number of aliphatic carboxylic acids is 2. The van der Waals surface area contributed by atoms with E-state index in [1.54, 1.807) is 12.1 Å². The summed E-state index contributed by atoms with van der Waals surface area (Å²) in [5.41, 5.74) is 0. The third kappa shape index (κ3) is 5.56. The van der Waals surface area contributed by atoms with Crippen LogP contribution in [0.5, 0.6) is 0 Å². The summed E-state index contributed by atoms with van der Waals surface area (Å²) in [6.45, 7) is 0. The quantitative estimate of drug-likeness (QED) is 0.749. The molecule has 1 rings (SSSR count). The molecule has 0 unspecified atom stereocenters. The molecule has 0 saturated carbocycles. The predicted octanol–water partition coefficient (Wildman–Crippen LogP) is 1.99. The molecule has 0 saturated heterocycles. The molecule has 1 aromatic carbocycles. The number of carboxylic acids is 2. The molecule has 98 valence electrons. The van der Waals surface area contributed by atoms with Crippen LogP contribution < -0.4 is 4.35 Å². The van der Waals surface area contributed by atoms with Crippen molar-refractivity contribution in [1.29, 1.82) is 0 Å². The van der Waals surface area contributed by atoms with Gasteiger partial charge in [-0.1, -0.05) is 0 Å². The van der Waals surface area contributed by atoms with Gasteiger partial charge in [-0.15, -0.1) is 0 Å². The summed E-state index contributed by atoms with van der Waals surface area (Å²) in [6.07, 6.45) is 0.199. The van der Waals surface area contributed by atoms with Gasteiger partial charge in [0.15, 0.2) is 0 Å². The summed E-state index contributed by atoms with van der Waals surface area (Å²) in [7, 11) is 0. The minimum atomic E-state index is -1.62. The Hall–Kier alpha value is -0.992. The zero-order chi connectivity index (χ0) is 13.5. The van der Waals surface area contributed by atoms with Gasteiger partial charge in [0, 0.05) is 0 Å². The van der Waals surface area contributed by atoms with E-state index in [2.05, 4.69) is 0 Å². The molecule has 0 amide bonds. The van der Waals surface area contributed by atoms with Gasteiger partial charge in [-0.05, 0) is 0 Å². The Morgan fingerprint density at radius 2 is 1.44 bits per heavy atom. The van der Waals surface area contributed by atoms with E-state index in [1.807, 2.05) is 12.1 Å². The molecule has 2 N–H and O–H groups in total. The second kappa shape index (κ2) is 7.44. The first kappa shape index (κ1) is 15.1. The van der Waals surface area contributed by atoms with E-state index in [0.717, 1.165) is 4.35 Å². The first-order valence-electron chi connectivity index (χ1n) is 5.43. The molecule has 0 fully saturated rings. The van der Waals surface area contributed by atoms with Crippen LogP contribution in [0.25, 0.3) is 0 Å². The molecule has 1 aromatic rings. The van der Waals surface area contributed by atoms with Crippen molar-refractivity contribution in [2.45, 2.75) is 23.3 Å². The number of rotatable bonds is 7. The maximum absolute atomic E-state index is 10.6. The zero-order valence-electron chi connectivity index (χ0n) is 9.67. The van der Waals surface area contributed by atoms with E-state index in [0.29, 0.717) is 15.4 Å². The fourth-order valence-electron chi connectivity index (χ4n) is 1.48. The molecule has 0 heterocycles. The Balaban J connectivity index is 2.71. The van der Waals surface area contributed by atoms with E-state index in [1.165, 1.54) is 0 Å². The van der Waals surface area contributed by atoms with Crippen LogP contribution in [0.1, 0.15) is 12.8 Å². The van der Waals surface area contributed by atoms with Crippen molar-refractivity contribution in [3.8, 4) is 0 Å². The first-order valence-corrected chi connectivity index (χ1v) is 9.40. The molecular formula is C12H14AsClO4. The van der Waals surface area contributed by atoms with Crippen molar-refractivity contribution < 1.29 is 19.8 Å². The first-order chi connectivity index (χ1) is 8.49. The standard InChI is InChI=1S/C12H14AsClO4/c14-10-3-1-9(2-4-10)13(7-5-11(15)16)8-6-12(17)18/h1-4H,5-8H2,(H,15,16)(H,17,18). The van der Waals surface area contributed by atoms with Crippen LogP contribution in [0.15, 0.2) is 24.3 Å². The number of carboxylic acid groups (broad SMARTS) is 2. The fraction of sp³-hybridized carbons (Fsp3) is 0.333. The van der Waals surface area contributed by atoms with Crippen molar-refractivity contribution in [3.05, 3.63) is 29.3 Å². The number of hydrogen-bond acceptors (Lipinski definition) is 2.